The summed E-state index contributed by atoms with van der Waals surface area (Å²) in [6.45, 7) is 0. The zero-order chi connectivity index (χ0) is 41.7. The molecule has 2 heteroatoms. The van der Waals surface area contributed by atoms with Gasteiger partial charge >= 0.3 is 0 Å². The molecule has 0 saturated carbocycles. The largest absolute Gasteiger partial charge is 0.311 e. The summed E-state index contributed by atoms with van der Waals surface area (Å²) in [6, 6.07) is 93.1. The molecule has 0 fully saturated rings. The van der Waals surface area contributed by atoms with Crippen molar-refractivity contribution in [2.45, 2.75) is 5.41 Å². The summed E-state index contributed by atoms with van der Waals surface area (Å²) >= 11 is 0. The van der Waals surface area contributed by atoms with E-state index in [0.717, 1.165) is 22.7 Å². The number of rotatable bonds is 7. The van der Waals surface area contributed by atoms with Gasteiger partial charge in [-0.3, -0.25) is 0 Å². The molecule has 1 heterocycles. The van der Waals surface area contributed by atoms with Gasteiger partial charge in [0.15, 0.2) is 0 Å². The minimum absolute atomic E-state index is 0.549. The molecule has 0 unspecified atom stereocenters. The maximum absolute atomic E-state index is 2.45. The minimum atomic E-state index is -0.549. The number of nitrogens with zero attached hydrogens (tertiary/aromatic N) is 2. The lowest BCUT2D eigenvalue weighted by molar-refractivity contribution is 0.754. The molecule has 1 aliphatic heterocycles. The molecule has 0 saturated heterocycles. The SMILES string of the molecule is c1ccc(-c2ccc(N(c3ccc(-c4ccccc4)cc3)c3ccc(-c4cccc5c4C4(c6ccccc6-5)c5ccccc5N(c5ccccc5)c5ccccc54)cc3)cc2)cc1. The molecule has 0 aromatic heterocycles. The normalized spacial score (nSPS) is 12.9. The summed E-state index contributed by atoms with van der Waals surface area (Å²) < 4.78 is 0. The van der Waals surface area contributed by atoms with E-state index in [9.17, 15) is 0 Å². The van der Waals surface area contributed by atoms with E-state index in [1.54, 1.807) is 0 Å². The van der Waals surface area contributed by atoms with E-state index >= 15 is 0 Å². The molecule has 0 radical (unpaired) electrons. The Hall–Kier alpha value is -8.20. The molecule has 0 N–H and O–H groups in total. The van der Waals surface area contributed by atoms with Gasteiger partial charge in [-0.15, -0.1) is 0 Å². The Bertz CT molecular complexity index is 3120. The summed E-state index contributed by atoms with van der Waals surface area (Å²) in [6.07, 6.45) is 0. The Kier molecular flexibility index (Phi) is 8.76. The van der Waals surface area contributed by atoms with Gasteiger partial charge in [-0.2, -0.15) is 0 Å². The molecule has 10 aromatic carbocycles. The van der Waals surface area contributed by atoms with Gasteiger partial charge in [-0.25, -0.2) is 0 Å². The quantitative estimate of drug-likeness (QED) is 0.158. The van der Waals surface area contributed by atoms with Crippen molar-refractivity contribution >= 4 is 34.1 Å². The fourth-order valence-electron chi connectivity index (χ4n) is 10.4. The lowest BCUT2D eigenvalue weighted by Crippen LogP contribution is -2.36. The summed E-state index contributed by atoms with van der Waals surface area (Å²) in [5.41, 5.74) is 21.3. The molecular weight excluding hydrogens is 761 g/mol. The molecule has 296 valence electrons. The highest BCUT2D eigenvalue weighted by Crippen LogP contribution is 2.65. The van der Waals surface area contributed by atoms with Crippen molar-refractivity contribution in [2.75, 3.05) is 9.80 Å². The number of anilines is 6. The van der Waals surface area contributed by atoms with Crippen molar-refractivity contribution < 1.29 is 0 Å². The van der Waals surface area contributed by atoms with E-state index < -0.39 is 5.41 Å². The Morgan fingerprint density at radius 2 is 0.651 bits per heavy atom. The highest BCUT2D eigenvalue weighted by Gasteiger charge is 2.52. The number of benzene rings is 10. The second-order valence-corrected chi connectivity index (χ2v) is 16.4. The van der Waals surface area contributed by atoms with Crippen LogP contribution >= 0.6 is 0 Å². The molecule has 1 aliphatic carbocycles. The zero-order valence-electron chi connectivity index (χ0n) is 34.6. The third kappa shape index (κ3) is 5.87. The molecule has 10 aromatic rings. The first-order valence-corrected chi connectivity index (χ1v) is 21.8. The average molecular weight is 803 g/mol. The Morgan fingerprint density at radius 3 is 1.17 bits per heavy atom. The van der Waals surface area contributed by atoms with Crippen LogP contribution in [0.25, 0.3) is 44.5 Å². The smallest absolute Gasteiger partial charge is 0.0760 e. The predicted octanol–water partition coefficient (Wildman–Crippen LogP) is 16.3. The van der Waals surface area contributed by atoms with Gasteiger partial charge < -0.3 is 9.80 Å². The first-order chi connectivity index (χ1) is 31.3. The average Bonchev–Trinajstić information content (AvgIpc) is 3.66. The van der Waals surface area contributed by atoms with Gasteiger partial charge in [-0.1, -0.05) is 194 Å². The maximum atomic E-state index is 2.45. The fraction of sp³-hybridized carbons (Fsp3) is 0.0164. The Morgan fingerprint density at radius 1 is 0.270 bits per heavy atom. The first-order valence-electron chi connectivity index (χ1n) is 21.8. The summed E-state index contributed by atoms with van der Waals surface area (Å²) in [7, 11) is 0. The van der Waals surface area contributed by atoms with Crippen molar-refractivity contribution in [1.82, 2.24) is 0 Å². The standard InChI is InChI=1S/C61H42N2/c1-4-17-43(18-5-1)45-31-37-49(38-32-45)62(50-39-33-46(34-40-50)44-19-6-2-7-20-44)51-41-35-47(36-42-51)52-24-16-25-54-53-23-10-11-26-55(53)61(60(52)54)56-27-12-14-29-58(56)63(48-21-8-3-9-22-48)59-30-15-13-28-57(59)61/h1-42H. The monoisotopic (exact) mass is 802 g/mol. The van der Waals surface area contributed by atoms with Crippen LogP contribution in [0.3, 0.4) is 0 Å². The van der Waals surface area contributed by atoms with Crippen molar-refractivity contribution in [3.8, 4) is 44.5 Å². The topological polar surface area (TPSA) is 6.48 Å². The molecule has 2 aliphatic rings. The van der Waals surface area contributed by atoms with E-state index in [0.29, 0.717) is 0 Å². The molecule has 12 rings (SSSR count). The second kappa shape index (κ2) is 15.1. The third-order valence-electron chi connectivity index (χ3n) is 13.1. The van der Waals surface area contributed by atoms with Crippen LogP contribution in [0.1, 0.15) is 22.3 Å². The fourth-order valence-corrected chi connectivity index (χ4v) is 10.4. The van der Waals surface area contributed by atoms with Crippen LogP contribution in [0.5, 0.6) is 0 Å². The number of fused-ring (bicyclic) bond motifs is 9. The van der Waals surface area contributed by atoms with E-state index in [4.69, 9.17) is 0 Å². The van der Waals surface area contributed by atoms with Crippen LogP contribution in [0.4, 0.5) is 34.1 Å². The van der Waals surface area contributed by atoms with Crippen molar-refractivity contribution in [3.63, 3.8) is 0 Å². The zero-order valence-corrected chi connectivity index (χ0v) is 34.6. The second-order valence-electron chi connectivity index (χ2n) is 16.4. The van der Waals surface area contributed by atoms with Crippen LogP contribution in [0.15, 0.2) is 255 Å². The highest BCUT2D eigenvalue weighted by atomic mass is 15.2. The molecule has 63 heavy (non-hydrogen) atoms. The molecule has 2 nitrogen and oxygen atoms in total. The minimum Gasteiger partial charge on any atom is -0.311 e. The van der Waals surface area contributed by atoms with Crippen LogP contribution in [0.2, 0.25) is 0 Å². The molecular formula is C61H42N2. The van der Waals surface area contributed by atoms with Crippen LogP contribution in [0, 0.1) is 0 Å². The van der Waals surface area contributed by atoms with E-state index in [2.05, 4.69) is 265 Å². The number of hydrogen-bond donors (Lipinski definition) is 0. The lowest BCUT2D eigenvalue weighted by atomic mass is 9.63. The van der Waals surface area contributed by atoms with Gasteiger partial charge in [-0.05, 0) is 127 Å². The van der Waals surface area contributed by atoms with Crippen LogP contribution in [-0.2, 0) is 5.41 Å². The van der Waals surface area contributed by atoms with Gasteiger partial charge in [0, 0.05) is 22.7 Å². The van der Waals surface area contributed by atoms with Crippen molar-refractivity contribution in [1.29, 1.82) is 0 Å². The summed E-state index contributed by atoms with van der Waals surface area (Å²) in [4.78, 5) is 4.81. The summed E-state index contributed by atoms with van der Waals surface area (Å²) in [5.74, 6) is 0. The Labute approximate surface area is 369 Å². The third-order valence-corrected chi connectivity index (χ3v) is 13.1. The molecule has 0 bridgehead atoms. The Balaban J connectivity index is 1.02. The van der Waals surface area contributed by atoms with Crippen LogP contribution in [-0.4, -0.2) is 0 Å². The van der Waals surface area contributed by atoms with Gasteiger partial charge in [0.25, 0.3) is 0 Å². The molecule has 0 amide bonds. The van der Waals surface area contributed by atoms with Gasteiger partial charge in [0.05, 0.1) is 16.8 Å². The predicted molar refractivity (Wildman–Crippen MR) is 263 cm³/mol. The van der Waals surface area contributed by atoms with E-state index in [1.807, 2.05) is 0 Å². The van der Waals surface area contributed by atoms with Crippen LogP contribution < -0.4 is 9.80 Å². The van der Waals surface area contributed by atoms with Gasteiger partial charge in [0.2, 0.25) is 0 Å². The maximum Gasteiger partial charge on any atom is 0.0760 e. The number of hydrogen-bond acceptors (Lipinski definition) is 2. The molecule has 1 spiro atoms. The van der Waals surface area contributed by atoms with Crippen molar-refractivity contribution in [2.24, 2.45) is 0 Å². The van der Waals surface area contributed by atoms with Gasteiger partial charge in [0.1, 0.15) is 0 Å². The van der Waals surface area contributed by atoms with Crippen molar-refractivity contribution in [3.05, 3.63) is 277 Å². The number of para-hydroxylation sites is 3. The summed E-state index contributed by atoms with van der Waals surface area (Å²) in [5, 5.41) is 0. The van der Waals surface area contributed by atoms with E-state index in [-0.39, 0.29) is 0 Å². The lowest BCUT2D eigenvalue weighted by Gasteiger charge is -2.45. The highest BCUT2D eigenvalue weighted by molar-refractivity contribution is 5.99. The molecule has 0 atom stereocenters. The first kappa shape index (κ1) is 36.6. The van der Waals surface area contributed by atoms with E-state index in [1.165, 1.54) is 78.1 Å².